The van der Waals surface area contributed by atoms with E-state index in [1.165, 1.54) is 6.08 Å². The highest BCUT2D eigenvalue weighted by Crippen LogP contribution is 2.42. The third-order valence-corrected chi connectivity index (χ3v) is 3.70. The van der Waals surface area contributed by atoms with Crippen LogP contribution in [-0.2, 0) is 15.0 Å². The van der Waals surface area contributed by atoms with Crippen molar-refractivity contribution in [2.24, 2.45) is 0 Å². The normalized spacial score (nSPS) is 25.1. The smallest absolute Gasteiger partial charge is 0.245 e. The third-order valence-electron chi connectivity index (χ3n) is 3.70. The van der Waals surface area contributed by atoms with E-state index < -0.39 is 5.41 Å². The molecule has 0 radical (unpaired) electrons. The number of hydrogen-bond donors (Lipinski definition) is 1. The molecule has 2 aliphatic rings. The van der Waals surface area contributed by atoms with Crippen molar-refractivity contribution in [2.45, 2.75) is 11.8 Å². The van der Waals surface area contributed by atoms with E-state index in [1.54, 1.807) is 17.2 Å². The Balaban J connectivity index is 2.00. The van der Waals surface area contributed by atoms with Crippen molar-refractivity contribution in [3.05, 3.63) is 36.7 Å². The summed E-state index contributed by atoms with van der Waals surface area (Å²) in [5.41, 5.74) is 0.847. The summed E-state index contributed by atoms with van der Waals surface area (Å²) in [6.07, 6.45) is 3.58. The van der Waals surface area contributed by atoms with Crippen LogP contribution in [0.2, 0.25) is 0 Å². The standard InChI is InChI=1S/C13H13N3O2/c1-2-10(17)16-7-5-13(8-16)11-9(15-12(13)18)4-3-6-14-11/h2-4,6H,1,5,7-8H2,(H,15,18). The fraction of sp³-hybridized carbons (Fsp3) is 0.308. The lowest BCUT2D eigenvalue weighted by Gasteiger charge is -2.20. The molecule has 1 saturated heterocycles. The average Bonchev–Trinajstić information content (AvgIpc) is 2.94. The summed E-state index contributed by atoms with van der Waals surface area (Å²) in [6.45, 7) is 4.42. The lowest BCUT2D eigenvalue weighted by molar-refractivity contribution is -0.125. The van der Waals surface area contributed by atoms with Crippen molar-refractivity contribution in [2.75, 3.05) is 18.4 Å². The van der Waals surface area contributed by atoms with E-state index in [0.29, 0.717) is 19.5 Å². The zero-order valence-electron chi connectivity index (χ0n) is 9.85. The largest absolute Gasteiger partial charge is 0.338 e. The summed E-state index contributed by atoms with van der Waals surface area (Å²) in [5, 5.41) is 2.84. The van der Waals surface area contributed by atoms with Gasteiger partial charge in [-0.3, -0.25) is 14.6 Å². The van der Waals surface area contributed by atoms with Gasteiger partial charge in [0, 0.05) is 19.3 Å². The number of rotatable bonds is 1. The molecule has 1 N–H and O–H groups in total. The van der Waals surface area contributed by atoms with Crippen molar-refractivity contribution in [1.82, 2.24) is 9.88 Å². The maximum atomic E-state index is 12.2. The number of carbonyl (C=O) groups excluding carboxylic acids is 2. The predicted molar refractivity (Wildman–Crippen MR) is 65.9 cm³/mol. The Morgan fingerprint density at radius 1 is 1.61 bits per heavy atom. The number of pyridine rings is 1. The summed E-state index contributed by atoms with van der Waals surface area (Å²) in [5.74, 6) is -0.195. The third kappa shape index (κ3) is 1.30. The molecule has 2 aliphatic heterocycles. The van der Waals surface area contributed by atoms with Crippen LogP contribution in [0.4, 0.5) is 5.69 Å². The summed E-state index contributed by atoms with van der Waals surface area (Å²) in [6, 6.07) is 3.63. The van der Waals surface area contributed by atoms with Crippen LogP contribution in [0, 0.1) is 0 Å². The minimum atomic E-state index is -0.671. The molecule has 1 unspecified atom stereocenters. The van der Waals surface area contributed by atoms with Crippen LogP contribution in [-0.4, -0.2) is 34.8 Å². The first-order chi connectivity index (χ1) is 8.67. The fourth-order valence-electron chi connectivity index (χ4n) is 2.74. The second-order valence-corrected chi connectivity index (χ2v) is 4.65. The van der Waals surface area contributed by atoms with Crippen molar-refractivity contribution >= 4 is 17.5 Å². The molecular weight excluding hydrogens is 230 g/mol. The molecule has 1 aromatic rings. The molecule has 5 heteroatoms. The van der Waals surface area contributed by atoms with Gasteiger partial charge in [-0.15, -0.1) is 0 Å². The molecule has 1 spiro atoms. The molecule has 3 heterocycles. The lowest BCUT2D eigenvalue weighted by Crippen LogP contribution is -2.39. The van der Waals surface area contributed by atoms with Gasteiger partial charge in [0.2, 0.25) is 11.8 Å². The first-order valence-electron chi connectivity index (χ1n) is 5.86. The second kappa shape index (κ2) is 3.66. The highest BCUT2D eigenvalue weighted by Gasteiger charge is 2.52. The maximum Gasteiger partial charge on any atom is 0.245 e. The topological polar surface area (TPSA) is 62.3 Å². The molecule has 1 fully saturated rings. The predicted octanol–water partition coefficient (Wildman–Crippen LogP) is 0.690. The van der Waals surface area contributed by atoms with Crippen LogP contribution in [0.3, 0.4) is 0 Å². The maximum absolute atomic E-state index is 12.2. The molecule has 3 rings (SSSR count). The van der Waals surface area contributed by atoms with Gasteiger partial charge < -0.3 is 10.2 Å². The first kappa shape index (κ1) is 11.0. The molecular formula is C13H13N3O2. The average molecular weight is 243 g/mol. The Morgan fingerprint density at radius 2 is 2.44 bits per heavy atom. The van der Waals surface area contributed by atoms with Gasteiger partial charge in [0.05, 0.1) is 11.4 Å². The van der Waals surface area contributed by atoms with E-state index in [0.717, 1.165) is 11.4 Å². The number of nitrogens with one attached hydrogen (secondary N) is 1. The van der Waals surface area contributed by atoms with Crippen LogP contribution in [0.5, 0.6) is 0 Å². The zero-order chi connectivity index (χ0) is 12.8. The van der Waals surface area contributed by atoms with E-state index in [4.69, 9.17) is 0 Å². The molecule has 1 atom stereocenters. The van der Waals surface area contributed by atoms with Crippen molar-refractivity contribution in [1.29, 1.82) is 0 Å². The number of fused-ring (bicyclic) bond motifs is 2. The SMILES string of the molecule is C=CC(=O)N1CCC2(C1)C(=O)Nc1cccnc12. The molecule has 0 aliphatic carbocycles. The molecule has 1 aromatic heterocycles. The number of anilines is 1. The quantitative estimate of drug-likeness (QED) is 0.738. The minimum Gasteiger partial charge on any atom is -0.338 e. The summed E-state index contributed by atoms with van der Waals surface area (Å²) in [4.78, 5) is 29.8. The zero-order valence-corrected chi connectivity index (χ0v) is 9.85. The van der Waals surface area contributed by atoms with Gasteiger partial charge in [0.25, 0.3) is 0 Å². The van der Waals surface area contributed by atoms with Gasteiger partial charge >= 0.3 is 0 Å². The number of nitrogens with zero attached hydrogens (tertiary/aromatic N) is 2. The molecule has 92 valence electrons. The monoisotopic (exact) mass is 243 g/mol. The summed E-state index contributed by atoms with van der Waals surface area (Å²) >= 11 is 0. The lowest BCUT2D eigenvalue weighted by atomic mass is 9.84. The van der Waals surface area contributed by atoms with E-state index in [-0.39, 0.29) is 11.8 Å². The van der Waals surface area contributed by atoms with Gasteiger partial charge in [0.15, 0.2) is 0 Å². The van der Waals surface area contributed by atoms with E-state index in [9.17, 15) is 9.59 Å². The summed E-state index contributed by atoms with van der Waals surface area (Å²) < 4.78 is 0. The number of carbonyl (C=O) groups is 2. The molecule has 18 heavy (non-hydrogen) atoms. The Morgan fingerprint density at radius 3 is 3.22 bits per heavy atom. The molecule has 0 bridgehead atoms. The van der Waals surface area contributed by atoms with Gasteiger partial charge in [-0.25, -0.2) is 0 Å². The van der Waals surface area contributed by atoms with Crippen LogP contribution >= 0.6 is 0 Å². The van der Waals surface area contributed by atoms with E-state index >= 15 is 0 Å². The Kier molecular flexibility index (Phi) is 2.23. The van der Waals surface area contributed by atoms with Crippen molar-refractivity contribution in [3.63, 3.8) is 0 Å². The number of likely N-dealkylation sites (tertiary alicyclic amines) is 1. The highest BCUT2D eigenvalue weighted by molar-refractivity contribution is 6.06. The fourth-order valence-corrected chi connectivity index (χ4v) is 2.74. The van der Waals surface area contributed by atoms with Crippen LogP contribution in [0.25, 0.3) is 0 Å². The first-order valence-corrected chi connectivity index (χ1v) is 5.86. The van der Waals surface area contributed by atoms with Crippen LogP contribution in [0.1, 0.15) is 12.1 Å². The highest BCUT2D eigenvalue weighted by atomic mass is 16.2. The van der Waals surface area contributed by atoms with Gasteiger partial charge in [-0.2, -0.15) is 0 Å². The molecule has 0 aromatic carbocycles. The van der Waals surface area contributed by atoms with Crippen LogP contribution < -0.4 is 5.32 Å². The van der Waals surface area contributed by atoms with Gasteiger partial charge in [-0.05, 0) is 24.6 Å². The minimum absolute atomic E-state index is 0.0597. The number of amides is 2. The Labute approximate surface area is 105 Å². The van der Waals surface area contributed by atoms with Gasteiger partial charge in [0.1, 0.15) is 5.41 Å². The molecule has 5 nitrogen and oxygen atoms in total. The second-order valence-electron chi connectivity index (χ2n) is 4.65. The Bertz CT molecular complexity index is 555. The molecule has 0 saturated carbocycles. The van der Waals surface area contributed by atoms with Gasteiger partial charge in [-0.1, -0.05) is 6.58 Å². The summed E-state index contributed by atoms with van der Waals surface area (Å²) in [7, 11) is 0. The molecule has 2 amide bonds. The van der Waals surface area contributed by atoms with Crippen molar-refractivity contribution < 1.29 is 9.59 Å². The number of hydrogen-bond acceptors (Lipinski definition) is 3. The number of aromatic nitrogens is 1. The van der Waals surface area contributed by atoms with E-state index in [2.05, 4.69) is 16.9 Å². The van der Waals surface area contributed by atoms with Crippen molar-refractivity contribution in [3.8, 4) is 0 Å². The Hall–Kier alpha value is -2.17. The van der Waals surface area contributed by atoms with E-state index in [1.807, 2.05) is 6.07 Å². The van der Waals surface area contributed by atoms with Crippen LogP contribution in [0.15, 0.2) is 31.0 Å².